The van der Waals surface area contributed by atoms with Crippen LogP contribution in [0.4, 0.5) is 0 Å². The standard InChI is InChI=1S/C54H32N2O2/c1-2-11-33(12-3-1)38-16-10-18-49-54(38)45-30-35(22-28-48(45)56(49)37-24-26-43-41-15-6-9-20-51(41)58-53(43)32-37)34-21-27-47-44(29-34)39-13-4-7-17-46(39)55(47)36-23-25-42-40-14-5-8-19-50(40)57-52(42)31-36/h1-32H. The van der Waals surface area contributed by atoms with Crippen LogP contribution in [0.3, 0.4) is 0 Å². The normalized spacial score (nSPS) is 12.1. The summed E-state index contributed by atoms with van der Waals surface area (Å²) in [6, 6.07) is 69.7. The summed E-state index contributed by atoms with van der Waals surface area (Å²) in [4.78, 5) is 0. The Labute approximate surface area is 332 Å². The zero-order chi connectivity index (χ0) is 37.9. The summed E-state index contributed by atoms with van der Waals surface area (Å²) in [5.74, 6) is 0. The fourth-order valence-electron chi connectivity index (χ4n) is 9.52. The summed E-state index contributed by atoms with van der Waals surface area (Å²) in [5.41, 5.74) is 15.1. The number of benzene rings is 9. The van der Waals surface area contributed by atoms with Crippen molar-refractivity contribution >= 4 is 87.5 Å². The first kappa shape index (κ1) is 31.4. The van der Waals surface area contributed by atoms with E-state index in [4.69, 9.17) is 8.83 Å². The van der Waals surface area contributed by atoms with Gasteiger partial charge < -0.3 is 18.0 Å². The Hall–Kier alpha value is -7.82. The van der Waals surface area contributed by atoms with Gasteiger partial charge in [-0.15, -0.1) is 0 Å². The molecular formula is C54H32N2O2. The van der Waals surface area contributed by atoms with Gasteiger partial charge in [-0.1, -0.05) is 109 Å². The van der Waals surface area contributed by atoms with E-state index in [0.717, 1.165) is 77.3 Å². The third-order valence-electron chi connectivity index (χ3n) is 12.1. The van der Waals surface area contributed by atoms with Crippen molar-refractivity contribution in [2.24, 2.45) is 0 Å². The molecule has 13 aromatic rings. The van der Waals surface area contributed by atoms with Crippen LogP contribution in [0.2, 0.25) is 0 Å². The van der Waals surface area contributed by atoms with Crippen molar-refractivity contribution in [1.29, 1.82) is 0 Å². The molecule has 58 heavy (non-hydrogen) atoms. The number of rotatable bonds is 4. The minimum atomic E-state index is 0.884. The van der Waals surface area contributed by atoms with Crippen LogP contribution in [0.15, 0.2) is 203 Å². The first-order valence-electron chi connectivity index (χ1n) is 19.7. The second kappa shape index (κ2) is 11.8. The zero-order valence-electron chi connectivity index (χ0n) is 31.2. The fourth-order valence-corrected chi connectivity index (χ4v) is 9.52. The summed E-state index contributed by atoms with van der Waals surface area (Å²) in [6.07, 6.45) is 0. The number of para-hydroxylation sites is 3. The molecule has 13 rings (SSSR count). The van der Waals surface area contributed by atoms with Gasteiger partial charge in [0.15, 0.2) is 0 Å². The summed E-state index contributed by atoms with van der Waals surface area (Å²) >= 11 is 0. The van der Waals surface area contributed by atoms with E-state index >= 15 is 0 Å². The molecule has 0 radical (unpaired) electrons. The maximum atomic E-state index is 6.39. The summed E-state index contributed by atoms with van der Waals surface area (Å²) in [7, 11) is 0. The number of aromatic nitrogens is 2. The van der Waals surface area contributed by atoms with E-state index in [-0.39, 0.29) is 0 Å². The molecule has 270 valence electrons. The minimum Gasteiger partial charge on any atom is -0.456 e. The predicted molar refractivity (Wildman–Crippen MR) is 241 cm³/mol. The average molecular weight is 741 g/mol. The van der Waals surface area contributed by atoms with Crippen LogP contribution in [0.5, 0.6) is 0 Å². The lowest BCUT2D eigenvalue weighted by Crippen LogP contribution is -1.94. The van der Waals surface area contributed by atoms with Crippen molar-refractivity contribution in [2.45, 2.75) is 0 Å². The Morgan fingerprint density at radius 2 is 0.776 bits per heavy atom. The van der Waals surface area contributed by atoms with Crippen molar-refractivity contribution in [3.63, 3.8) is 0 Å². The van der Waals surface area contributed by atoms with Gasteiger partial charge in [0.2, 0.25) is 0 Å². The lowest BCUT2D eigenvalue weighted by Gasteiger charge is -2.09. The summed E-state index contributed by atoms with van der Waals surface area (Å²) in [6.45, 7) is 0. The van der Waals surface area contributed by atoms with Crippen LogP contribution in [-0.2, 0) is 0 Å². The molecule has 0 aliphatic carbocycles. The van der Waals surface area contributed by atoms with E-state index in [1.165, 1.54) is 43.8 Å². The number of hydrogen-bond acceptors (Lipinski definition) is 2. The van der Waals surface area contributed by atoms with Crippen molar-refractivity contribution in [1.82, 2.24) is 9.13 Å². The molecular weight excluding hydrogens is 709 g/mol. The Kier molecular flexibility index (Phi) is 6.41. The van der Waals surface area contributed by atoms with Crippen LogP contribution in [-0.4, -0.2) is 9.13 Å². The third kappa shape index (κ3) is 4.45. The van der Waals surface area contributed by atoms with Gasteiger partial charge in [0.25, 0.3) is 0 Å². The van der Waals surface area contributed by atoms with E-state index in [1.54, 1.807) is 0 Å². The van der Waals surface area contributed by atoms with Gasteiger partial charge >= 0.3 is 0 Å². The zero-order valence-corrected chi connectivity index (χ0v) is 31.2. The third-order valence-corrected chi connectivity index (χ3v) is 12.1. The monoisotopic (exact) mass is 740 g/mol. The molecule has 4 nitrogen and oxygen atoms in total. The van der Waals surface area contributed by atoms with Gasteiger partial charge in [-0.05, 0) is 95.1 Å². The average Bonchev–Trinajstić information content (AvgIpc) is 4.03. The Bertz CT molecular complexity index is 3800. The Morgan fingerprint density at radius 3 is 1.45 bits per heavy atom. The van der Waals surface area contributed by atoms with Gasteiger partial charge in [0.1, 0.15) is 22.3 Å². The second-order valence-corrected chi connectivity index (χ2v) is 15.3. The molecule has 4 heterocycles. The number of furan rings is 2. The van der Waals surface area contributed by atoms with Crippen LogP contribution in [0, 0.1) is 0 Å². The lowest BCUT2D eigenvalue weighted by atomic mass is 9.97. The van der Waals surface area contributed by atoms with Crippen molar-refractivity contribution in [3.8, 4) is 33.6 Å². The topological polar surface area (TPSA) is 36.1 Å². The molecule has 9 aromatic carbocycles. The van der Waals surface area contributed by atoms with Crippen LogP contribution in [0.1, 0.15) is 0 Å². The Morgan fingerprint density at radius 1 is 0.276 bits per heavy atom. The molecule has 0 atom stereocenters. The Balaban J connectivity index is 1.02. The molecule has 0 bridgehead atoms. The molecule has 0 fully saturated rings. The van der Waals surface area contributed by atoms with E-state index < -0.39 is 0 Å². The summed E-state index contributed by atoms with van der Waals surface area (Å²) in [5, 5.41) is 9.39. The molecule has 4 aromatic heterocycles. The van der Waals surface area contributed by atoms with Crippen molar-refractivity contribution < 1.29 is 8.83 Å². The van der Waals surface area contributed by atoms with Gasteiger partial charge in [-0.25, -0.2) is 0 Å². The highest BCUT2D eigenvalue weighted by atomic mass is 16.3. The number of fused-ring (bicyclic) bond motifs is 12. The lowest BCUT2D eigenvalue weighted by molar-refractivity contribution is 0.668. The van der Waals surface area contributed by atoms with Crippen molar-refractivity contribution in [3.05, 3.63) is 194 Å². The molecule has 0 spiro atoms. The highest BCUT2D eigenvalue weighted by Crippen LogP contribution is 2.43. The number of hydrogen-bond donors (Lipinski definition) is 0. The second-order valence-electron chi connectivity index (χ2n) is 15.3. The summed E-state index contributed by atoms with van der Waals surface area (Å²) < 4.78 is 17.5. The highest BCUT2D eigenvalue weighted by Gasteiger charge is 2.20. The first-order valence-corrected chi connectivity index (χ1v) is 19.7. The van der Waals surface area contributed by atoms with E-state index in [0.29, 0.717) is 0 Å². The molecule has 0 saturated heterocycles. The quantitative estimate of drug-likeness (QED) is 0.180. The number of nitrogens with zero attached hydrogens (tertiary/aromatic N) is 2. The molecule has 0 saturated carbocycles. The predicted octanol–water partition coefficient (Wildman–Crippen LogP) is 15.0. The SMILES string of the molecule is c1ccc(-c2cccc3c2c2cc(-c4ccc5c(c4)c4ccccc4n5-c4ccc5c(c4)oc4ccccc45)ccc2n3-c2ccc3c(c2)oc2ccccc23)cc1. The van der Waals surface area contributed by atoms with Crippen molar-refractivity contribution in [2.75, 3.05) is 0 Å². The van der Waals surface area contributed by atoms with Gasteiger partial charge in [0, 0.05) is 66.6 Å². The fraction of sp³-hybridized carbons (Fsp3) is 0. The molecule has 0 aliphatic heterocycles. The van der Waals surface area contributed by atoms with Crippen LogP contribution >= 0.6 is 0 Å². The van der Waals surface area contributed by atoms with E-state index in [1.807, 2.05) is 24.3 Å². The largest absolute Gasteiger partial charge is 0.456 e. The molecule has 0 amide bonds. The smallest absolute Gasteiger partial charge is 0.137 e. The first-order chi connectivity index (χ1) is 28.7. The van der Waals surface area contributed by atoms with E-state index in [2.05, 4.69) is 179 Å². The molecule has 0 aliphatic rings. The molecule has 0 N–H and O–H groups in total. The van der Waals surface area contributed by atoms with Gasteiger partial charge in [0.05, 0.1) is 22.1 Å². The highest BCUT2D eigenvalue weighted by molar-refractivity contribution is 6.17. The molecule has 0 unspecified atom stereocenters. The van der Waals surface area contributed by atoms with Crippen LogP contribution < -0.4 is 0 Å². The maximum absolute atomic E-state index is 6.39. The maximum Gasteiger partial charge on any atom is 0.137 e. The van der Waals surface area contributed by atoms with Crippen LogP contribution in [0.25, 0.3) is 121 Å². The van der Waals surface area contributed by atoms with Gasteiger partial charge in [-0.2, -0.15) is 0 Å². The van der Waals surface area contributed by atoms with E-state index in [9.17, 15) is 0 Å². The molecule has 4 heteroatoms. The minimum absolute atomic E-state index is 0.884. The van der Waals surface area contributed by atoms with Gasteiger partial charge in [-0.3, -0.25) is 0 Å².